The first kappa shape index (κ1) is 62.7. The highest BCUT2D eigenvalue weighted by Crippen LogP contribution is 2.46. The van der Waals surface area contributed by atoms with Crippen molar-refractivity contribution < 1.29 is 0 Å². The Labute approximate surface area is 596 Å². The Morgan fingerprint density at radius 3 is 0.894 bits per heavy atom. The van der Waals surface area contributed by atoms with Crippen molar-refractivity contribution in [3.8, 4) is 149 Å². The molecule has 0 unspecified atom stereocenters. The molecule has 3 heterocycles. The van der Waals surface area contributed by atoms with Crippen molar-refractivity contribution >= 4 is 60.7 Å². The maximum absolute atomic E-state index is 10.3. The van der Waals surface area contributed by atoms with Gasteiger partial charge in [0.2, 0.25) is 0 Å². The van der Waals surface area contributed by atoms with Gasteiger partial charge in [-0.25, -0.2) is 29.5 Å². The van der Waals surface area contributed by atoms with Crippen molar-refractivity contribution in [1.29, 1.82) is 31.6 Å². The molecule has 474 valence electrons. The molecule has 13 aromatic carbocycles. The Bertz CT molecular complexity index is 6320. The molecule has 3 aromatic heterocycles. The summed E-state index contributed by atoms with van der Waals surface area (Å²) in [5.74, 6) is 1.37. The van der Waals surface area contributed by atoms with Gasteiger partial charge in [-0.1, -0.05) is 103 Å². The smallest absolute Gasteiger partial charge is 0.189 e. The van der Waals surface area contributed by atoms with Crippen LogP contribution in [-0.2, 0) is 0 Å². The van der Waals surface area contributed by atoms with Crippen molar-refractivity contribution in [2.24, 2.45) is 0 Å². The number of hydrogen-bond donors (Lipinski definition) is 0. The first-order valence-electron chi connectivity index (χ1n) is 32.6. The van der Waals surface area contributed by atoms with Crippen molar-refractivity contribution in [3.63, 3.8) is 0 Å². The zero-order valence-electron chi connectivity index (χ0n) is 54.7. The zero-order chi connectivity index (χ0) is 71.1. The van der Waals surface area contributed by atoms with Crippen LogP contribution in [0.4, 0.5) is 17.1 Å². The minimum Gasteiger partial charge on any atom is -0.309 e. The van der Waals surface area contributed by atoms with Gasteiger partial charge in [0.05, 0.1) is 106 Å². The zero-order valence-corrected chi connectivity index (χ0v) is 54.7. The molecule has 0 saturated carbocycles. The number of fused-ring (bicyclic) bond motifs is 6. The Balaban J connectivity index is 0.986. The van der Waals surface area contributed by atoms with Crippen LogP contribution in [0.2, 0.25) is 0 Å². The van der Waals surface area contributed by atoms with Gasteiger partial charge in [-0.15, -0.1) is 0 Å². The van der Waals surface area contributed by atoms with Gasteiger partial charge in [0.25, 0.3) is 0 Å². The lowest BCUT2D eigenvalue weighted by molar-refractivity contribution is 1.07. The molecular weight excluding hydrogens is 1280 g/mol. The summed E-state index contributed by atoms with van der Waals surface area (Å²) in [4.78, 5) is 26.7. The molecule has 0 saturated heterocycles. The number of nitrogens with zero attached hydrogens (tertiary/aromatic N) is 14. The van der Waals surface area contributed by atoms with Gasteiger partial charge in [-0.05, 0) is 219 Å². The Kier molecular flexibility index (Phi) is 15.7. The summed E-state index contributed by atoms with van der Waals surface area (Å²) in [6, 6.07) is 97.9. The SMILES string of the molecule is [C-]#[N+]c1cc(C#N)cc(-c2ccc3c(c2)c2cc(-c4cc(C#N)cc([N+]#[C-])c4)ccc2n3-c2ccc(-c3nc(-c4ccccc4)nc(-c4ccccc4)n3)cc2-c2ccc(-n3c4ccc(-c5cc(C#N)cc(C#N)c5)cc4c4cc(-c5cc(C#N)cc([N+]#[C-])c5)ccc43)c(-c3ccc(C#N)cc3)c2)c1. The summed E-state index contributed by atoms with van der Waals surface area (Å²) in [5.41, 5.74) is 19.1. The van der Waals surface area contributed by atoms with E-state index in [1.54, 1.807) is 84.9 Å². The van der Waals surface area contributed by atoms with Gasteiger partial charge >= 0.3 is 0 Å². The largest absolute Gasteiger partial charge is 0.309 e. The molecule has 16 rings (SSSR count). The summed E-state index contributed by atoms with van der Waals surface area (Å²) in [6.07, 6.45) is 0. The van der Waals surface area contributed by atoms with Crippen LogP contribution in [0.5, 0.6) is 0 Å². The number of aromatic nitrogens is 5. The van der Waals surface area contributed by atoms with Crippen LogP contribution >= 0.6 is 0 Å². The molecular formula is C90H44N14. The lowest BCUT2D eigenvalue weighted by Gasteiger charge is -2.19. The molecule has 0 aliphatic carbocycles. The number of rotatable bonds is 11. The molecule has 16 aromatic rings. The fourth-order valence-corrected chi connectivity index (χ4v) is 13.8. The van der Waals surface area contributed by atoms with E-state index in [4.69, 9.17) is 34.7 Å². The monoisotopic (exact) mass is 1320 g/mol. The highest BCUT2D eigenvalue weighted by molar-refractivity contribution is 6.14. The van der Waals surface area contributed by atoms with E-state index in [1.165, 1.54) is 0 Å². The van der Waals surface area contributed by atoms with Crippen molar-refractivity contribution in [3.05, 3.63) is 335 Å². The summed E-state index contributed by atoms with van der Waals surface area (Å²) in [7, 11) is 0. The van der Waals surface area contributed by atoms with E-state index in [0.717, 1.165) is 111 Å². The van der Waals surface area contributed by atoms with Gasteiger partial charge in [-0.2, -0.15) is 31.6 Å². The Morgan fingerprint density at radius 2 is 0.538 bits per heavy atom. The Hall–Kier alpha value is -16.1. The van der Waals surface area contributed by atoms with E-state index in [2.05, 4.69) is 115 Å². The quantitative estimate of drug-likeness (QED) is 0.113. The normalized spacial score (nSPS) is 10.8. The number of nitriles is 6. The molecule has 14 nitrogen and oxygen atoms in total. The number of benzene rings is 13. The lowest BCUT2D eigenvalue weighted by Crippen LogP contribution is -2.02. The summed E-state index contributed by atoms with van der Waals surface area (Å²) in [6.45, 7) is 23.8. The van der Waals surface area contributed by atoms with Crippen LogP contribution in [0.1, 0.15) is 33.4 Å². The second-order valence-corrected chi connectivity index (χ2v) is 24.8. The highest BCUT2D eigenvalue weighted by Gasteiger charge is 2.25. The molecule has 0 amide bonds. The van der Waals surface area contributed by atoms with Gasteiger partial charge in [-0.3, -0.25) is 0 Å². The molecule has 0 aliphatic rings. The average molecular weight is 1320 g/mol. The fourth-order valence-electron chi connectivity index (χ4n) is 13.8. The Morgan fingerprint density at radius 1 is 0.240 bits per heavy atom. The van der Waals surface area contributed by atoms with E-state index in [0.29, 0.717) is 95.7 Å². The van der Waals surface area contributed by atoms with E-state index in [-0.39, 0.29) is 0 Å². The molecule has 0 bridgehead atoms. The third kappa shape index (κ3) is 11.3. The van der Waals surface area contributed by atoms with E-state index in [9.17, 15) is 31.6 Å². The van der Waals surface area contributed by atoms with Gasteiger partial charge in [0.15, 0.2) is 34.5 Å². The predicted octanol–water partition coefficient (Wildman–Crippen LogP) is 22.0. The number of hydrogen-bond acceptors (Lipinski definition) is 9. The molecule has 0 N–H and O–H groups in total. The van der Waals surface area contributed by atoms with Crippen LogP contribution in [0.15, 0.2) is 267 Å². The van der Waals surface area contributed by atoms with E-state index in [1.807, 2.05) is 127 Å². The second kappa shape index (κ2) is 26.0. The van der Waals surface area contributed by atoms with Gasteiger partial charge in [0.1, 0.15) is 0 Å². The molecule has 0 fully saturated rings. The van der Waals surface area contributed by atoms with Gasteiger partial charge < -0.3 is 9.13 Å². The summed E-state index contributed by atoms with van der Waals surface area (Å²) < 4.78 is 4.43. The summed E-state index contributed by atoms with van der Waals surface area (Å²) in [5, 5.41) is 64.3. The van der Waals surface area contributed by atoms with Crippen LogP contribution in [0.25, 0.3) is 170 Å². The molecule has 104 heavy (non-hydrogen) atoms. The van der Waals surface area contributed by atoms with Crippen LogP contribution in [0.3, 0.4) is 0 Å². The highest BCUT2D eigenvalue weighted by atomic mass is 15.0. The second-order valence-electron chi connectivity index (χ2n) is 24.8. The standard InChI is InChI=1S/C90H44N14/c1-97-73-36-57(51-94)33-70(39-73)64-19-25-85-79(43-64)78-42-63(69-31-55(49-92)30-56(32-69)50-93)18-24-84(78)103(85)82-28-22-67(46-76(82)60-16-14-54(48-91)15-17-60)77-47-68(90-101-88(61-10-6-4-7-11-61)100-89(102-90)62-12-8-5-9-13-62)23-29-83(77)104-86-26-20-65(71-34-58(52-95)37-74(40-71)98-2)44-80(86)81-45-66(21-27-87(81)104)72-35-59(53-96)38-75(41-72)99-3/h4-47H. The molecule has 0 aliphatic heterocycles. The van der Waals surface area contributed by atoms with E-state index >= 15 is 0 Å². The third-order valence-electron chi connectivity index (χ3n) is 18.7. The minimum atomic E-state index is 0.324. The predicted molar refractivity (Wildman–Crippen MR) is 405 cm³/mol. The third-order valence-corrected chi connectivity index (χ3v) is 18.7. The van der Waals surface area contributed by atoms with Crippen molar-refractivity contribution in [2.45, 2.75) is 0 Å². The summed E-state index contributed by atoms with van der Waals surface area (Å²) >= 11 is 0. The molecule has 0 radical (unpaired) electrons. The molecule has 14 heteroatoms. The minimum absolute atomic E-state index is 0.324. The lowest BCUT2D eigenvalue weighted by atomic mass is 9.94. The van der Waals surface area contributed by atoms with Gasteiger partial charge in [0, 0.05) is 66.1 Å². The van der Waals surface area contributed by atoms with E-state index < -0.39 is 0 Å². The molecule has 0 atom stereocenters. The van der Waals surface area contributed by atoms with Crippen LogP contribution in [-0.4, -0.2) is 24.1 Å². The molecule has 0 spiro atoms. The van der Waals surface area contributed by atoms with Crippen LogP contribution < -0.4 is 0 Å². The maximum Gasteiger partial charge on any atom is 0.189 e. The maximum atomic E-state index is 10.3. The van der Waals surface area contributed by atoms with Crippen molar-refractivity contribution in [1.82, 2.24) is 24.1 Å². The first-order valence-corrected chi connectivity index (χ1v) is 32.6. The van der Waals surface area contributed by atoms with Crippen LogP contribution in [0, 0.1) is 87.7 Å². The first-order chi connectivity index (χ1) is 51.0. The average Bonchev–Trinajstić information content (AvgIpc) is 1.57. The fraction of sp³-hybridized carbons (Fsp3) is 0. The topological polar surface area (TPSA) is 204 Å². The van der Waals surface area contributed by atoms with Crippen molar-refractivity contribution in [2.75, 3.05) is 0 Å².